The minimum absolute atomic E-state index is 0.444. The van der Waals surface area contributed by atoms with Crippen molar-refractivity contribution in [3.8, 4) is 113 Å². The van der Waals surface area contributed by atoms with Crippen LogP contribution in [0.4, 0.5) is 34.4 Å². The van der Waals surface area contributed by atoms with Crippen molar-refractivity contribution in [1.82, 2.24) is 44.9 Å². The Balaban J connectivity index is 1.03. The summed E-state index contributed by atoms with van der Waals surface area (Å²) < 4.78 is 0. The van der Waals surface area contributed by atoms with Crippen LogP contribution in [-0.4, -0.2) is 44.9 Å². The molecule has 11 aromatic carbocycles. The molecule has 1 aliphatic rings. The van der Waals surface area contributed by atoms with Crippen molar-refractivity contribution in [2.45, 2.75) is 0 Å². The lowest BCUT2D eigenvalue weighted by molar-refractivity contribution is 1.01. The molecule has 86 heavy (non-hydrogen) atoms. The van der Waals surface area contributed by atoms with E-state index < -0.39 is 0 Å². The van der Waals surface area contributed by atoms with E-state index in [1.54, 1.807) is 0 Å². The average molecular weight is 1100 g/mol. The average Bonchev–Trinajstić information content (AvgIpc) is 0.813. The SMILES string of the molecule is c1ccc(-c2ccc3c(c2)N(c2nc(-c4ccccc4)nc(-c4ccccc4)n2)c2cc(-c4ccccc4)ccc2N3c2ccc(-c3nc(-c4ccccc4)nc(-c4ccccc4)n3)cc2-c2nc(-c3ccccc3)nc(-c3ccccc3)n2)cc1. The Morgan fingerprint density at radius 3 is 0.744 bits per heavy atom. The Labute approximate surface area is 497 Å². The Hall–Kier alpha value is -12.0. The minimum atomic E-state index is 0.444. The van der Waals surface area contributed by atoms with E-state index in [2.05, 4.69) is 113 Å². The Morgan fingerprint density at radius 1 is 0.163 bits per heavy atom. The summed E-state index contributed by atoms with van der Waals surface area (Å²) in [7, 11) is 0. The molecule has 0 spiro atoms. The van der Waals surface area contributed by atoms with Crippen LogP contribution in [0.3, 0.4) is 0 Å². The first kappa shape index (κ1) is 51.0. The van der Waals surface area contributed by atoms with Crippen molar-refractivity contribution in [3.63, 3.8) is 0 Å². The normalized spacial score (nSPS) is 11.7. The van der Waals surface area contributed by atoms with E-state index in [4.69, 9.17) is 44.9 Å². The van der Waals surface area contributed by atoms with Gasteiger partial charge in [-0.3, -0.25) is 4.90 Å². The fourth-order valence-corrected chi connectivity index (χ4v) is 11.0. The zero-order valence-corrected chi connectivity index (χ0v) is 46.2. The van der Waals surface area contributed by atoms with Crippen LogP contribution in [0, 0.1) is 0 Å². The first-order chi connectivity index (χ1) is 42.6. The van der Waals surface area contributed by atoms with E-state index >= 15 is 0 Å². The molecule has 3 aromatic heterocycles. The highest BCUT2D eigenvalue weighted by Crippen LogP contribution is 2.57. The number of hydrogen-bond donors (Lipinski definition) is 0. The lowest BCUT2D eigenvalue weighted by Gasteiger charge is -2.40. The molecule has 0 saturated heterocycles. The molecule has 0 bridgehead atoms. The molecule has 0 aliphatic carbocycles. The number of rotatable bonds is 12. The van der Waals surface area contributed by atoms with Gasteiger partial charge in [0.2, 0.25) is 5.95 Å². The maximum Gasteiger partial charge on any atom is 0.238 e. The molecule has 404 valence electrons. The monoisotopic (exact) mass is 1100 g/mol. The summed E-state index contributed by atoms with van der Waals surface area (Å²) in [6.07, 6.45) is 0. The maximum absolute atomic E-state index is 5.44. The molecular formula is C75H49N11. The summed E-state index contributed by atoms with van der Waals surface area (Å²) in [5.74, 6) is 4.59. The van der Waals surface area contributed by atoms with Crippen LogP contribution in [0.5, 0.6) is 0 Å². The van der Waals surface area contributed by atoms with Gasteiger partial charge in [0, 0.05) is 44.5 Å². The molecule has 15 rings (SSSR count). The summed E-state index contributed by atoms with van der Waals surface area (Å²) in [4.78, 5) is 52.1. The van der Waals surface area contributed by atoms with Gasteiger partial charge in [-0.1, -0.05) is 255 Å². The fourth-order valence-electron chi connectivity index (χ4n) is 11.0. The van der Waals surface area contributed by atoms with Crippen LogP contribution in [0.2, 0.25) is 0 Å². The van der Waals surface area contributed by atoms with Gasteiger partial charge in [0.1, 0.15) is 0 Å². The largest absolute Gasteiger partial charge is 0.306 e. The van der Waals surface area contributed by atoms with E-state index in [1.807, 2.05) is 194 Å². The highest BCUT2D eigenvalue weighted by Gasteiger charge is 2.35. The number of benzene rings is 11. The molecular weight excluding hydrogens is 1050 g/mol. The first-order valence-corrected chi connectivity index (χ1v) is 28.4. The molecule has 11 heteroatoms. The Morgan fingerprint density at radius 2 is 0.419 bits per heavy atom. The number of aromatic nitrogens is 9. The van der Waals surface area contributed by atoms with Crippen molar-refractivity contribution in [3.05, 3.63) is 297 Å². The van der Waals surface area contributed by atoms with Crippen LogP contribution in [0.15, 0.2) is 297 Å². The van der Waals surface area contributed by atoms with Crippen molar-refractivity contribution < 1.29 is 0 Å². The third-order valence-electron chi connectivity index (χ3n) is 15.2. The van der Waals surface area contributed by atoms with Gasteiger partial charge in [0.25, 0.3) is 0 Å². The number of fused-ring (bicyclic) bond motifs is 2. The highest BCUT2D eigenvalue weighted by atomic mass is 15.3. The van der Waals surface area contributed by atoms with Crippen molar-refractivity contribution in [2.24, 2.45) is 0 Å². The van der Waals surface area contributed by atoms with Gasteiger partial charge < -0.3 is 4.90 Å². The van der Waals surface area contributed by atoms with E-state index in [0.717, 1.165) is 89.6 Å². The molecule has 0 amide bonds. The second kappa shape index (κ2) is 22.4. The van der Waals surface area contributed by atoms with Gasteiger partial charge in [0.15, 0.2) is 46.6 Å². The van der Waals surface area contributed by atoms with Gasteiger partial charge in [-0.05, 0) is 64.7 Å². The molecule has 11 nitrogen and oxygen atoms in total. The zero-order valence-electron chi connectivity index (χ0n) is 46.2. The number of hydrogen-bond acceptors (Lipinski definition) is 11. The summed E-state index contributed by atoms with van der Waals surface area (Å²) in [6, 6.07) is 101. The fraction of sp³-hybridized carbons (Fsp3) is 0. The molecule has 0 atom stereocenters. The molecule has 1 aliphatic heterocycles. The number of anilines is 6. The summed E-state index contributed by atoms with van der Waals surface area (Å²) in [6.45, 7) is 0. The molecule has 14 aromatic rings. The van der Waals surface area contributed by atoms with Crippen molar-refractivity contribution in [2.75, 3.05) is 9.80 Å². The molecule has 0 unspecified atom stereocenters. The summed E-state index contributed by atoms with van der Waals surface area (Å²) in [5.41, 5.74) is 14.8. The zero-order chi connectivity index (χ0) is 57.2. The Kier molecular flexibility index (Phi) is 13.3. The molecule has 4 heterocycles. The maximum atomic E-state index is 5.44. The van der Waals surface area contributed by atoms with E-state index in [9.17, 15) is 0 Å². The predicted octanol–water partition coefficient (Wildman–Crippen LogP) is 18.2. The predicted molar refractivity (Wildman–Crippen MR) is 344 cm³/mol. The van der Waals surface area contributed by atoms with Crippen LogP contribution >= 0.6 is 0 Å². The summed E-state index contributed by atoms with van der Waals surface area (Å²) >= 11 is 0. The van der Waals surface area contributed by atoms with E-state index in [-0.39, 0.29) is 0 Å². The van der Waals surface area contributed by atoms with Crippen LogP contribution < -0.4 is 9.80 Å². The minimum Gasteiger partial charge on any atom is -0.306 e. The second-order valence-electron chi connectivity index (χ2n) is 20.6. The molecule has 0 N–H and O–H groups in total. The van der Waals surface area contributed by atoms with Gasteiger partial charge in [-0.25, -0.2) is 34.9 Å². The second-order valence-corrected chi connectivity index (χ2v) is 20.6. The number of nitrogens with zero attached hydrogens (tertiary/aromatic N) is 11. The van der Waals surface area contributed by atoms with Gasteiger partial charge >= 0.3 is 0 Å². The Bertz CT molecular complexity index is 4470. The van der Waals surface area contributed by atoms with E-state index in [0.29, 0.717) is 58.1 Å². The molecule has 0 fully saturated rings. The lowest BCUT2D eigenvalue weighted by Crippen LogP contribution is -2.26. The standard InChI is InChI=1S/C75H49N11/c1-9-25-50(26-10-1)58-41-45-63-65(48-58)86(75-83-71(56-37-21-7-22-38-56)80-72(84-75)57-39-23-8-24-40-57)66-49-59(51-27-11-2-12-28-51)42-46-64(66)85(63)62-44-43-60(73-78-67(52-29-13-3-14-30-52)76-68(79-73)53-31-15-4-16-32-53)47-61(62)74-81-69(54-33-17-5-18-34-54)77-70(82-74)55-35-19-6-20-36-55/h1-49H. The quantitative estimate of drug-likeness (QED) is 0.116. The highest BCUT2D eigenvalue weighted by molar-refractivity contribution is 6.05. The smallest absolute Gasteiger partial charge is 0.238 e. The van der Waals surface area contributed by atoms with Gasteiger partial charge in [0.05, 0.1) is 28.4 Å². The summed E-state index contributed by atoms with van der Waals surface area (Å²) in [5, 5.41) is 0. The lowest BCUT2D eigenvalue weighted by atomic mass is 9.96. The van der Waals surface area contributed by atoms with Gasteiger partial charge in [-0.15, -0.1) is 0 Å². The van der Waals surface area contributed by atoms with Gasteiger partial charge in [-0.2, -0.15) is 9.97 Å². The van der Waals surface area contributed by atoms with Crippen LogP contribution in [0.25, 0.3) is 113 Å². The third-order valence-corrected chi connectivity index (χ3v) is 15.2. The molecule has 0 radical (unpaired) electrons. The third kappa shape index (κ3) is 9.96. The van der Waals surface area contributed by atoms with Crippen LogP contribution in [-0.2, 0) is 0 Å². The topological polar surface area (TPSA) is 122 Å². The first-order valence-electron chi connectivity index (χ1n) is 28.4. The van der Waals surface area contributed by atoms with Crippen molar-refractivity contribution >= 4 is 34.4 Å². The molecule has 0 saturated carbocycles. The van der Waals surface area contributed by atoms with Crippen molar-refractivity contribution in [1.29, 1.82) is 0 Å². The van der Waals surface area contributed by atoms with Crippen LogP contribution in [0.1, 0.15) is 0 Å². The van der Waals surface area contributed by atoms with E-state index in [1.165, 1.54) is 0 Å².